The highest BCUT2D eigenvalue weighted by molar-refractivity contribution is 7.13. The van der Waals surface area contributed by atoms with E-state index in [-0.39, 0.29) is 23.0 Å². The Morgan fingerprint density at radius 2 is 2.16 bits per heavy atom. The normalized spacial score (nSPS) is 10.5. The van der Waals surface area contributed by atoms with Crippen molar-refractivity contribution in [2.24, 2.45) is 5.92 Å². The maximum absolute atomic E-state index is 12.1. The average molecular weight is 286 g/mol. The summed E-state index contributed by atoms with van der Waals surface area (Å²) in [6.07, 6.45) is 0. The molecule has 0 aliphatic carbocycles. The predicted molar refractivity (Wildman–Crippen MR) is 69.4 cm³/mol. The van der Waals surface area contributed by atoms with Gasteiger partial charge in [0.25, 0.3) is 5.91 Å². The Balaban J connectivity index is 2.90. The quantitative estimate of drug-likeness (QED) is 0.635. The molecule has 19 heavy (non-hydrogen) atoms. The number of amides is 1. The lowest BCUT2D eigenvalue weighted by atomic mass is 10.2. The smallest absolute Gasteiger partial charge is 0.324 e. The van der Waals surface area contributed by atoms with E-state index in [1.54, 1.807) is 0 Å². The van der Waals surface area contributed by atoms with Gasteiger partial charge in [-0.15, -0.1) is 0 Å². The maximum atomic E-state index is 12.1. The summed E-state index contributed by atoms with van der Waals surface area (Å²) >= 11 is 0.847. The molecule has 0 radical (unpaired) electrons. The zero-order chi connectivity index (χ0) is 14.6. The molecule has 1 aromatic rings. The number of hydrogen-bond donors (Lipinski definition) is 1. The number of nitro groups is 1. The first kappa shape index (κ1) is 15.1. The lowest BCUT2D eigenvalue weighted by Crippen LogP contribution is -2.38. The van der Waals surface area contributed by atoms with Crippen LogP contribution in [0.2, 0.25) is 0 Å². The van der Waals surface area contributed by atoms with Gasteiger partial charge in [-0.1, -0.05) is 25.2 Å². The minimum atomic E-state index is -1.11. The van der Waals surface area contributed by atoms with E-state index in [1.165, 1.54) is 16.3 Å². The molecule has 0 spiro atoms. The lowest BCUT2D eigenvalue weighted by Gasteiger charge is -2.22. The third-order valence-corrected chi connectivity index (χ3v) is 3.09. The molecule has 1 N–H and O–H groups in total. The second-order valence-electron chi connectivity index (χ2n) is 4.40. The number of aliphatic carboxylic acids is 1. The first-order valence-corrected chi connectivity index (χ1v) is 6.43. The van der Waals surface area contributed by atoms with Gasteiger partial charge in [0, 0.05) is 18.0 Å². The first-order valence-electron chi connectivity index (χ1n) is 5.55. The van der Waals surface area contributed by atoms with Crippen LogP contribution in [-0.4, -0.2) is 39.9 Å². The van der Waals surface area contributed by atoms with Crippen LogP contribution < -0.4 is 0 Å². The maximum Gasteiger partial charge on any atom is 0.324 e. The van der Waals surface area contributed by atoms with Crippen LogP contribution in [0.25, 0.3) is 0 Å². The molecular weight excluding hydrogens is 272 g/mol. The van der Waals surface area contributed by atoms with Crippen LogP contribution in [0.3, 0.4) is 0 Å². The van der Waals surface area contributed by atoms with Crippen molar-refractivity contribution in [3.63, 3.8) is 0 Å². The summed E-state index contributed by atoms with van der Waals surface area (Å²) in [7, 11) is 0. The summed E-state index contributed by atoms with van der Waals surface area (Å²) in [5, 5.41) is 20.6. The molecular formula is C11H14N2O5S. The fourth-order valence-electron chi connectivity index (χ4n) is 1.54. The van der Waals surface area contributed by atoms with Crippen LogP contribution in [0.4, 0.5) is 5.00 Å². The Labute approximate surface area is 113 Å². The third kappa shape index (κ3) is 4.32. The molecule has 0 saturated carbocycles. The van der Waals surface area contributed by atoms with E-state index in [4.69, 9.17) is 5.11 Å². The molecule has 0 aliphatic heterocycles. The van der Waals surface area contributed by atoms with E-state index in [0.717, 1.165) is 11.3 Å². The molecule has 0 aromatic carbocycles. The van der Waals surface area contributed by atoms with Crippen LogP contribution in [0.5, 0.6) is 0 Å². The van der Waals surface area contributed by atoms with Crippen molar-refractivity contribution >= 4 is 28.2 Å². The number of thiophene rings is 1. The van der Waals surface area contributed by atoms with Crippen molar-refractivity contribution in [1.29, 1.82) is 0 Å². The van der Waals surface area contributed by atoms with Gasteiger partial charge in [0.05, 0.1) is 10.5 Å². The van der Waals surface area contributed by atoms with Crippen LogP contribution in [0.1, 0.15) is 24.2 Å². The molecule has 7 nitrogen and oxygen atoms in total. The third-order valence-electron chi connectivity index (χ3n) is 2.21. The standard InChI is InChI=1S/C11H14N2O5S/c1-7(2)4-12(5-10(14)15)11(16)8-3-9(13(17)18)19-6-8/h3,6-7H,4-5H2,1-2H3,(H,14,15). The molecule has 0 fully saturated rings. The van der Waals surface area contributed by atoms with Gasteiger partial charge in [0.2, 0.25) is 0 Å². The van der Waals surface area contributed by atoms with Crippen LogP contribution in [0.15, 0.2) is 11.4 Å². The topological polar surface area (TPSA) is 101 Å². The summed E-state index contributed by atoms with van der Waals surface area (Å²) < 4.78 is 0. The van der Waals surface area contributed by atoms with Gasteiger partial charge in [-0.2, -0.15) is 0 Å². The van der Waals surface area contributed by atoms with Crippen molar-refractivity contribution in [2.45, 2.75) is 13.8 Å². The second kappa shape index (κ2) is 6.28. The first-order chi connectivity index (χ1) is 8.81. The van der Waals surface area contributed by atoms with Gasteiger partial charge < -0.3 is 10.0 Å². The van der Waals surface area contributed by atoms with Crippen molar-refractivity contribution in [2.75, 3.05) is 13.1 Å². The monoisotopic (exact) mass is 286 g/mol. The summed E-state index contributed by atoms with van der Waals surface area (Å²) in [5.41, 5.74) is 0.151. The van der Waals surface area contributed by atoms with Gasteiger partial charge in [-0.05, 0) is 5.92 Å². The van der Waals surface area contributed by atoms with Crippen molar-refractivity contribution in [3.05, 3.63) is 27.1 Å². The van der Waals surface area contributed by atoms with Crippen molar-refractivity contribution in [3.8, 4) is 0 Å². The van der Waals surface area contributed by atoms with Gasteiger partial charge in [0.15, 0.2) is 0 Å². The Hall–Kier alpha value is -1.96. The van der Waals surface area contributed by atoms with E-state index >= 15 is 0 Å². The molecule has 104 valence electrons. The molecule has 0 saturated heterocycles. The number of rotatable bonds is 6. The SMILES string of the molecule is CC(C)CN(CC(=O)O)C(=O)c1csc([N+](=O)[O-])c1. The Kier molecular flexibility index (Phi) is 4.99. The fourth-order valence-corrected chi connectivity index (χ4v) is 2.24. The highest BCUT2D eigenvalue weighted by Gasteiger charge is 2.22. The fraction of sp³-hybridized carbons (Fsp3) is 0.455. The molecule has 0 bridgehead atoms. The van der Waals surface area contributed by atoms with Gasteiger partial charge in [-0.3, -0.25) is 19.7 Å². The number of carbonyl (C=O) groups excluding carboxylic acids is 1. The average Bonchev–Trinajstić information content (AvgIpc) is 2.75. The molecule has 0 unspecified atom stereocenters. The zero-order valence-corrected chi connectivity index (χ0v) is 11.3. The lowest BCUT2D eigenvalue weighted by molar-refractivity contribution is -0.380. The minimum Gasteiger partial charge on any atom is -0.480 e. The Morgan fingerprint density at radius 1 is 1.53 bits per heavy atom. The van der Waals surface area contributed by atoms with E-state index in [2.05, 4.69) is 0 Å². The molecule has 1 aromatic heterocycles. The highest BCUT2D eigenvalue weighted by atomic mass is 32.1. The van der Waals surface area contributed by atoms with Crippen molar-refractivity contribution < 1.29 is 19.6 Å². The van der Waals surface area contributed by atoms with E-state index in [1.807, 2.05) is 13.8 Å². The van der Waals surface area contributed by atoms with E-state index in [9.17, 15) is 19.7 Å². The summed E-state index contributed by atoms with van der Waals surface area (Å²) in [4.78, 5) is 34.0. The molecule has 1 rings (SSSR count). The molecule has 1 amide bonds. The molecule has 0 atom stereocenters. The number of carbonyl (C=O) groups is 2. The summed E-state index contributed by atoms with van der Waals surface area (Å²) in [6, 6.07) is 1.17. The van der Waals surface area contributed by atoms with Crippen LogP contribution in [0, 0.1) is 16.0 Å². The Morgan fingerprint density at radius 3 is 2.58 bits per heavy atom. The van der Waals surface area contributed by atoms with Gasteiger partial charge in [-0.25, -0.2) is 0 Å². The minimum absolute atomic E-state index is 0.108. The molecule has 8 heteroatoms. The number of carboxylic acids is 1. The number of carboxylic acid groups (broad SMARTS) is 1. The number of hydrogen-bond acceptors (Lipinski definition) is 5. The predicted octanol–water partition coefficient (Wildman–Crippen LogP) is 1.84. The largest absolute Gasteiger partial charge is 0.480 e. The van der Waals surface area contributed by atoms with Crippen LogP contribution >= 0.6 is 11.3 Å². The van der Waals surface area contributed by atoms with Crippen molar-refractivity contribution in [1.82, 2.24) is 4.90 Å². The molecule has 0 aliphatic rings. The zero-order valence-electron chi connectivity index (χ0n) is 10.5. The number of nitrogens with zero attached hydrogens (tertiary/aromatic N) is 2. The van der Waals surface area contributed by atoms with Gasteiger partial charge >= 0.3 is 11.0 Å². The van der Waals surface area contributed by atoms with E-state index in [0.29, 0.717) is 0 Å². The second-order valence-corrected chi connectivity index (χ2v) is 5.29. The molecule has 1 heterocycles. The summed E-state index contributed by atoms with van der Waals surface area (Å²) in [5.74, 6) is -1.50. The highest BCUT2D eigenvalue weighted by Crippen LogP contribution is 2.23. The van der Waals surface area contributed by atoms with Gasteiger partial charge in [0.1, 0.15) is 6.54 Å². The Bertz CT molecular complexity index is 497. The van der Waals surface area contributed by atoms with Crippen LogP contribution in [-0.2, 0) is 4.79 Å². The van der Waals surface area contributed by atoms with E-state index < -0.39 is 23.3 Å². The summed E-state index contributed by atoms with van der Waals surface area (Å²) in [6.45, 7) is 3.59.